The summed E-state index contributed by atoms with van der Waals surface area (Å²) in [5.41, 5.74) is 0. The smallest absolute Gasteiger partial charge is 0.0229 e. The monoisotopic (exact) mass is 343 g/mol. The molecule has 47 valence electrons. The Morgan fingerprint density at radius 3 is 2.12 bits per heavy atom. The van der Waals surface area contributed by atoms with Gasteiger partial charge in [-0.05, 0) is 5.41 Å². The van der Waals surface area contributed by atoms with Crippen LogP contribution in [0, 0.1) is 0 Å². The van der Waals surface area contributed by atoms with E-state index < -0.39 is 0 Å². The Labute approximate surface area is 78.4 Å². The third-order valence-corrected chi connectivity index (χ3v) is 2.30. The third-order valence-electron chi connectivity index (χ3n) is 0.384. The van der Waals surface area contributed by atoms with Crippen LogP contribution in [0.2, 0.25) is 0 Å². The van der Waals surface area contributed by atoms with Crippen molar-refractivity contribution in [1.82, 2.24) is 0 Å². The average molecular weight is 343 g/mol. The number of hydrogen-bond donors (Lipinski definition) is 0. The maximum absolute atomic E-state index is 2.16. The van der Waals surface area contributed by atoms with Crippen LogP contribution in [0.25, 0.3) is 0 Å². The van der Waals surface area contributed by atoms with E-state index in [1.54, 1.807) is 0 Å². The van der Waals surface area contributed by atoms with Gasteiger partial charge in [-0.2, -0.15) is 0 Å². The van der Waals surface area contributed by atoms with E-state index in [9.17, 15) is 0 Å². The standard InChI is InChI=1S/C3H4S2.C2H6.Bi/c1-2-4-5-3-1;1-2;/h1-2H,3H2;1-2H3;. The fourth-order valence-corrected chi connectivity index (χ4v) is 1.77. The molecule has 1 aliphatic heterocycles. The first kappa shape index (κ1) is 12.0. The second-order valence-electron chi connectivity index (χ2n) is 0.753. The van der Waals surface area contributed by atoms with Crippen molar-refractivity contribution in [3.05, 3.63) is 11.5 Å². The zero-order valence-electron chi connectivity index (χ0n) is 5.13. The van der Waals surface area contributed by atoms with E-state index in [0.29, 0.717) is 0 Å². The van der Waals surface area contributed by atoms with Gasteiger partial charge in [-0.3, -0.25) is 0 Å². The molecule has 0 unspecified atom stereocenters. The molecule has 1 heterocycles. The molecule has 0 aliphatic carbocycles. The second kappa shape index (κ2) is 11.2. The summed E-state index contributed by atoms with van der Waals surface area (Å²) in [4.78, 5) is 0. The first-order chi connectivity index (χ1) is 3.50. The Bertz CT molecular complexity index is 48.4. The van der Waals surface area contributed by atoms with E-state index in [1.165, 1.54) is 5.75 Å². The normalized spacial score (nSPS) is 13.8. The Kier molecular flexibility index (Phi) is 16.8. The van der Waals surface area contributed by atoms with Crippen molar-refractivity contribution in [1.29, 1.82) is 0 Å². The van der Waals surface area contributed by atoms with Gasteiger partial charge < -0.3 is 0 Å². The molecule has 0 spiro atoms. The molecule has 0 saturated carbocycles. The quantitative estimate of drug-likeness (QED) is 0.490. The topological polar surface area (TPSA) is 0 Å². The van der Waals surface area contributed by atoms with Gasteiger partial charge >= 0.3 is 0 Å². The summed E-state index contributed by atoms with van der Waals surface area (Å²) in [6.45, 7) is 4.00. The van der Waals surface area contributed by atoms with Gasteiger partial charge in [-0.15, -0.1) is 0 Å². The van der Waals surface area contributed by atoms with E-state index in [0.717, 1.165) is 0 Å². The van der Waals surface area contributed by atoms with Crippen molar-refractivity contribution in [3.8, 4) is 0 Å². The third kappa shape index (κ3) is 7.32. The number of hydrogen-bond acceptors (Lipinski definition) is 2. The molecule has 0 atom stereocenters. The summed E-state index contributed by atoms with van der Waals surface area (Å²) < 4.78 is 0. The zero-order valence-corrected chi connectivity index (χ0v) is 10.2. The predicted molar refractivity (Wildman–Crippen MR) is 46.3 cm³/mol. The van der Waals surface area contributed by atoms with Crippen molar-refractivity contribution in [3.63, 3.8) is 0 Å². The summed E-state index contributed by atoms with van der Waals surface area (Å²) in [5.74, 6) is 1.20. The molecule has 0 fully saturated rings. The van der Waals surface area contributed by atoms with Crippen LogP contribution in [-0.2, 0) is 0 Å². The van der Waals surface area contributed by atoms with Crippen molar-refractivity contribution in [2.24, 2.45) is 0 Å². The zero-order chi connectivity index (χ0) is 5.54. The molecular weight excluding hydrogens is 333 g/mol. The van der Waals surface area contributed by atoms with Gasteiger partial charge in [0.2, 0.25) is 0 Å². The van der Waals surface area contributed by atoms with Crippen molar-refractivity contribution >= 4 is 47.8 Å². The molecule has 0 nitrogen and oxygen atoms in total. The molecule has 0 aromatic heterocycles. The first-order valence-corrected chi connectivity index (χ1v) is 4.81. The Balaban J connectivity index is 0. The van der Waals surface area contributed by atoms with E-state index >= 15 is 0 Å². The van der Waals surface area contributed by atoms with E-state index in [2.05, 4.69) is 11.5 Å². The van der Waals surface area contributed by atoms with Gasteiger partial charge in [-0.25, -0.2) is 0 Å². The van der Waals surface area contributed by atoms with Crippen molar-refractivity contribution in [2.75, 3.05) is 5.75 Å². The Morgan fingerprint density at radius 1 is 1.38 bits per heavy atom. The summed E-state index contributed by atoms with van der Waals surface area (Å²) in [6, 6.07) is 0. The summed E-state index contributed by atoms with van der Waals surface area (Å²) in [6.07, 6.45) is 2.16. The summed E-state index contributed by atoms with van der Waals surface area (Å²) >= 11 is 0. The van der Waals surface area contributed by atoms with Gasteiger partial charge in [0, 0.05) is 32.0 Å². The van der Waals surface area contributed by atoms with E-state index in [-0.39, 0.29) is 26.2 Å². The molecule has 1 rings (SSSR count). The van der Waals surface area contributed by atoms with Gasteiger partial charge in [-0.1, -0.05) is 41.5 Å². The van der Waals surface area contributed by atoms with Gasteiger partial charge in [0.1, 0.15) is 0 Å². The molecule has 0 amide bonds. The van der Waals surface area contributed by atoms with Gasteiger partial charge in [0.15, 0.2) is 0 Å². The van der Waals surface area contributed by atoms with Crippen LogP contribution >= 0.6 is 21.6 Å². The molecule has 3 heteroatoms. The fraction of sp³-hybridized carbons (Fsp3) is 0.600. The van der Waals surface area contributed by atoms with Gasteiger partial charge in [0.25, 0.3) is 0 Å². The van der Waals surface area contributed by atoms with Crippen LogP contribution in [-0.4, -0.2) is 32.0 Å². The second-order valence-corrected chi connectivity index (χ2v) is 3.07. The van der Waals surface area contributed by atoms with Crippen LogP contribution in [0.5, 0.6) is 0 Å². The molecular formula is C5H10BiS2. The first-order valence-electron chi connectivity index (χ1n) is 2.43. The molecule has 0 aromatic rings. The van der Waals surface area contributed by atoms with Crippen LogP contribution < -0.4 is 0 Å². The van der Waals surface area contributed by atoms with Crippen molar-refractivity contribution < 1.29 is 0 Å². The maximum Gasteiger partial charge on any atom is 0.0229 e. The minimum absolute atomic E-state index is 0. The van der Waals surface area contributed by atoms with E-state index in [1.807, 2.05) is 35.4 Å². The van der Waals surface area contributed by atoms with Crippen LogP contribution in [0.1, 0.15) is 13.8 Å². The summed E-state index contributed by atoms with van der Waals surface area (Å²) in [5, 5.41) is 2.12. The molecule has 0 aromatic carbocycles. The fourth-order valence-electron chi connectivity index (χ4n) is 0.196. The Hall–Kier alpha value is 1.32. The molecule has 0 saturated heterocycles. The maximum atomic E-state index is 2.16. The average Bonchev–Trinajstić information content (AvgIpc) is 2.23. The molecule has 3 radical (unpaired) electrons. The van der Waals surface area contributed by atoms with Crippen LogP contribution in [0.3, 0.4) is 0 Å². The largest absolute Gasteiger partial charge is 0.0854 e. The van der Waals surface area contributed by atoms with Gasteiger partial charge in [0.05, 0.1) is 0 Å². The van der Waals surface area contributed by atoms with E-state index in [4.69, 9.17) is 0 Å². The molecule has 8 heavy (non-hydrogen) atoms. The molecule has 0 bridgehead atoms. The molecule has 0 N–H and O–H groups in total. The molecule has 1 aliphatic rings. The van der Waals surface area contributed by atoms with Crippen molar-refractivity contribution in [2.45, 2.75) is 13.8 Å². The SMILES string of the molecule is C1=CSSC1.CC.[Bi]. The van der Waals surface area contributed by atoms with Crippen LogP contribution in [0.15, 0.2) is 11.5 Å². The van der Waals surface area contributed by atoms with Crippen LogP contribution in [0.4, 0.5) is 0 Å². The number of rotatable bonds is 0. The minimum Gasteiger partial charge on any atom is -0.0854 e. The summed E-state index contributed by atoms with van der Waals surface area (Å²) in [7, 11) is 3.69. The predicted octanol–water partition coefficient (Wildman–Crippen LogP) is 2.54. The minimum atomic E-state index is 0. The Morgan fingerprint density at radius 2 is 2.00 bits per heavy atom.